The quantitative estimate of drug-likeness (QED) is 0.509. The molecular weight excluding hydrogens is 382 g/mol. The number of benzene rings is 2. The molecule has 1 N–H and O–H groups in total. The van der Waals surface area contributed by atoms with Crippen LogP contribution in [0.4, 0.5) is 5.69 Å². The number of ether oxygens (including phenoxy) is 1. The summed E-state index contributed by atoms with van der Waals surface area (Å²) in [6.07, 6.45) is 1.87. The number of methoxy groups -OCH3 is 1. The molecule has 0 aliphatic heterocycles. The minimum Gasteiger partial charge on any atom is -0.497 e. The molecule has 0 radical (unpaired) electrons. The number of aromatic nitrogens is 2. The predicted octanol–water partition coefficient (Wildman–Crippen LogP) is 5.29. The van der Waals surface area contributed by atoms with Crippen LogP contribution in [0.1, 0.15) is 16.1 Å². The number of hydrogen-bond donors (Lipinski definition) is 1. The number of anilines is 1. The molecule has 0 aliphatic rings. The van der Waals surface area contributed by atoms with Gasteiger partial charge < -0.3 is 10.1 Å². The van der Waals surface area contributed by atoms with Crippen LogP contribution >= 0.6 is 22.9 Å². The van der Waals surface area contributed by atoms with E-state index in [2.05, 4.69) is 10.3 Å². The summed E-state index contributed by atoms with van der Waals surface area (Å²) < 4.78 is 6.99. The van der Waals surface area contributed by atoms with Gasteiger partial charge in [-0.3, -0.25) is 9.20 Å². The fraction of sp³-hybridized carbons (Fsp3) is 0.100. The molecule has 2 aromatic carbocycles. The van der Waals surface area contributed by atoms with Crippen molar-refractivity contribution >= 4 is 39.5 Å². The standard InChI is InChI=1S/C20H16ClN3O2S/c1-12-3-6-14(9-16(12)21)22-19(25)18-11-27-20-23-17(10-24(18)20)13-4-7-15(26-2)8-5-13/h3-11H,1-2H3,(H,22,25). The molecule has 0 fully saturated rings. The number of nitrogens with one attached hydrogen (secondary N) is 1. The lowest BCUT2D eigenvalue weighted by Crippen LogP contribution is -2.13. The van der Waals surface area contributed by atoms with Crippen molar-refractivity contribution in [2.24, 2.45) is 0 Å². The van der Waals surface area contributed by atoms with Gasteiger partial charge in [-0.1, -0.05) is 17.7 Å². The number of thiazole rings is 1. The number of aryl methyl sites for hydroxylation is 1. The Labute approximate surface area is 165 Å². The van der Waals surface area contributed by atoms with Crippen LogP contribution in [0, 0.1) is 6.92 Å². The van der Waals surface area contributed by atoms with E-state index < -0.39 is 0 Å². The van der Waals surface area contributed by atoms with E-state index in [1.165, 1.54) is 11.3 Å². The van der Waals surface area contributed by atoms with Crippen molar-refractivity contribution in [3.63, 3.8) is 0 Å². The summed E-state index contributed by atoms with van der Waals surface area (Å²) in [5, 5.41) is 5.30. The highest BCUT2D eigenvalue weighted by atomic mass is 35.5. The average molecular weight is 398 g/mol. The van der Waals surface area contributed by atoms with E-state index in [0.29, 0.717) is 16.4 Å². The minimum absolute atomic E-state index is 0.208. The van der Waals surface area contributed by atoms with Gasteiger partial charge in [-0.25, -0.2) is 4.98 Å². The predicted molar refractivity (Wildman–Crippen MR) is 109 cm³/mol. The van der Waals surface area contributed by atoms with Crippen molar-refractivity contribution in [3.8, 4) is 17.0 Å². The average Bonchev–Trinajstić information content (AvgIpc) is 3.25. The summed E-state index contributed by atoms with van der Waals surface area (Å²) in [6, 6.07) is 13.1. The molecule has 27 heavy (non-hydrogen) atoms. The Bertz CT molecular complexity index is 1130. The van der Waals surface area contributed by atoms with Crippen LogP contribution in [-0.4, -0.2) is 22.4 Å². The zero-order valence-electron chi connectivity index (χ0n) is 14.7. The molecule has 0 aliphatic carbocycles. The van der Waals surface area contributed by atoms with Gasteiger partial charge in [-0.15, -0.1) is 11.3 Å². The van der Waals surface area contributed by atoms with Gasteiger partial charge >= 0.3 is 0 Å². The molecule has 0 spiro atoms. The Hall–Kier alpha value is -2.83. The first kappa shape index (κ1) is 17.6. The van der Waals surface area contributed by atoms with Crippen LogP contribution in [0.2, 0.25) is 5.02 Å². The zero-order valence-corrected chi connectivity index (χ0v) is 16.3. The molecule has 4 rings (SSSR count). The molecular formula is C20H16ClN3O2S. The van der Waals surface area contributed by atoms with Crippen LogP contribution in [0.3, 0.4) is 0 Å². The van der Waals surface area contributed by atoms with E-state index in [9.17, 15) is 4.79 Å². The molecule has 1 amide bonds. The number of carbonyl (C=O) groups is 1. The maximum Gasteiger partial charge on any atom is 0.273 e. The molecule has 2 aromatic heterocycles. The largest absolute Gasteiger partial charge is 0.497 e. The van der Waals surface area contributed by atoms with Crippen molar-refractivity contribution in [2.45, 2.75) is 6.92 Å². The van der Waals surface area contributed by atoms with Crippen molar-refractivity contribution in [2.75, 3.05) is 12.4 Å². The van der Waals surface area contributed by atoms with Crippen molar-refractivity contribution in [3.05, 3.63) is 70.3 Å². The third kappa shape index (κ3) is 3.41. The second-order valence-electron chi connectivity index (χ2n) is 6.05. The maximum atomic E-state index is 12.7. The van der Waals surface area contributed by atoms with Gasteiger partial charge in [0, 0.05) is 27.9 Å². The van der Waals surface area contributed by atoms with Gasteiger partial charge in [0.25, 0.3) is 5.91 Å². The second-order valence-corrected chi connectivity index (χ2v) is 7.29. The molecule has 0 saturated heterocycles. The molecule has 7 heteroatoms. The normalized spacial score (nSPS) is 10.9. The monoisotopic (exact) mass is 397 g/mol. The third-order valence-corrected chi connectivity index (χ3v) is 5.50. The smallest absolute Gasteiger partial charge is 0.273 e. The number of hydrogen-bond acceptors (Lipinski definition) is 4. The first-order valence-electron chi connectivity index (χ1n) is 8.23. The summed E-state index contributed by atoms with van der Waals surface area (Å²) in [5.41, 5.74) is 3.91. The molecule has 4 aromatic rings. The zero-order chi connectivity index (χ0) is 19.0. The van der Waals surface area contributed by atoms with Gasteiger partial charge in [-0.2, -0.15) is 0 Å². The Morgan fingerprint density at radius 1 is 1.22 bits per heavy atom. The highest BCUT2D eigenvalue weighted by Gasteiger charge is 2.16. The first-order chi connectivity index (χ1) is 13.0. The van der Waals surface area contributed by atoms with Crippen LogP contribution < -0.4 is 10.1 Å². The van der Waals surface area contributed by atoms with Gasteiger partial charge in [0.1, 0.15) is 11.4 Å². The second kappa shape index (κ2) is 7.06. The summed E-state index contributed by atoms with van der Waals surface area (Å²) in [5.74, 6) is 0.580. The molecule has 2 heterocycles. The highest BCUT2D eigenvalue weighted by Crippen LogP contribution is 2.26. The van der Waals surface area contributed by atoms with Gasteiger partial charge in [-0.05, 0) is 48.9 Å². The number of halogens is 1. The van der Waals surface area contributed by atoms with Crippen LogP contribution in [-0.2, 0) is 0 Å². The molecule has 0 bridgehead atoms. The number of carbonyl (C=O) groups excluding carboxylic acids is 1. The lowest BCUT2D eigenvalue weighted by molar-refractivity contribution is 0.102. The van der Waals surface area contributed by atoms with Crippen LogP contribution in [0.15, 0.2) is 54.0 Å². The van der Waals surface area contributed by atoms with Crippen molar-refractivity contribution in [1.29, 1.82) is 0 Å². The molecule has 0 saturated carbocycles. The SMILES string of the molecule is COc1ccc(-c2cn3c(C(=O)Nc4ccc(C)c(Cl)c4)csc3n2)cc1. The number of amides is 1. The Balaban J connectivity index is 1.62. The van der Waals surface area contributed by atoms with Crippen molar-refractivity contribution < 1.29 is 9.53 Å². The first-order valence-corrected chi connectivity index (χ1v) is 9.49. The fourth-order valence-corrected chi connectivity index (χ4v) is 3.75. The lowest BCUT2D eigenvalue weighted by Gasteiger charge is -2.06. The molecule has 0 atom stereocenters. The number of rotatable bonds is 4. The van der Waals surface area contributed by atoms with E-state index in [1.54, 1.807) is 23.0 Å². The molecule has 0 unspecified atom stereocenters. The van der Waals surface area contributed by atoms with E-state index >= 15 is 0 Å². The fourth-order valence-electron chi connectivity index (χ4n) is 2.71. The lowest BCUT2D eigenvalue weighted by atomic mass is 10.2. The molecule has 5 nitrogen and oxygen atoms in total. The van der Waals surface area contributed by atoms with Gasteiger partial charge in [0.15, 0.2) is 4.96 Å². The van der Waals surface area contributed by atoms with Gasteiger partial charge in [0.05, 0.1) is 12.8 Å². The highest BCUT2D eigenvalue weighted by molar-refractivity contribution is 7.15. The van der Waals surface area contributed by atoms with Crippen LogP contribution in [0.25, 0.3) is 16.2 Å². The summed E-state index contributed by atoms with van der Waals surface area (Å²) >= 11 is 7.56. The van der Waals surface area contributed by atoms with Crippen molar-refractivity contribution in [1.82, 2.24) is 9.38 Å². The Morgan fingerprint density at radius 2 is 2.00 bits per heavy atom. The number of nitrogens with zero attached hydrogens (tertiary/aromatic N) is 2. The topological polar surface area (TPSA) is 55.6 Å². The minimum atomic E-state index is -0.208. The van der Waals surface area contributed by atoms with Gasteiger partial charge in [0.2, 0.25) is 0 Å². The van der Waals surface area contributed by atoms with E-state index in [4.69, 9.17) is 16.3 Å². The maximum absolute atomic E-state index is 12.7. The number of imidazole rings is 1. The summed E-state index contributed by atoms with van der Waals surface area (Å²) in [6.45, 7) is 1.92. The summed E-state index contributed by atoms with van der Waals surface area (Å²) in [7, 11) is 1.63. The molecule has 136 valence electrons. The van der Waals surface area contributed by atoms with E-state index in [-0.39, 0.29) is 5.91 Å². The Kier molecular flexibility index (Phi) is 4.59. The third-order valence-electron chi connectivity index (χ3n) is 4.26. The number of fused-ring (bicyclic) bond motifs is 1. The van der Waals surface area contributed by atoms with E-state index in [1.807, 2.05) is 49.5 Å². The summed E-state index contributed by atoms with van der Waals surface area (Å²) in [4.78, 5) is 18.1. The van der Waals surface area contributed by atoms with Crippen LogP contribution in [0.5, 0.6) is 5.75 Å². The Morgan fingerprint density at radius 3 is 2.70 bits per heavy atom. The van der Waals surface area contributed by atoms with E-state index in [0.717, 1.165) is 27.5 Å².